The Morgan fingerprint density at radius 2 is 1.71 bits per heavy atom. The van der Waals surface area contributed by atoms with E-state index in [0.717, 1.165) is 5.56 Å². The number of amides is 1. The van der Waals surface area contributed by atoms with Gasteiger partial charge in [-0.05, 0) is 37.8 Å². The molecule has 0 aliphatic rings. The largest absolute Gasteiger partial charge is 0.491 e. The zero-order valence-electron chi connectivity index (χ0n) is 15.2. The number of carboxylic acid groups (broad SMARTS) is 1. The molecule has 1 rings (SSSR count). The van der Waals surface area contributed by atoms with E-state index >= 15 is 0 Å². The number of alkyl carbamates (subject to hydrolysis) is 1. The molecule has 134 valence electrons. The van der Waals surface area contributed by atoms with Gasteiger partial charge in [0.05, 0.1) is 0 Å². The number of carbonyl (C=O) groups excluding carboxylic acids is 1. The van der Waals surface area contributed by atoms with E-state index in [2.05, 4.69) is 5.32 Å². The minimum atomic E-state index is -1.20. The van der Waals surface area contributed by atoms with Crippen LogP contribution in [0.1, 0.15) is 47.1 Å². The van der Waals surface area contributed by atoms with Crippen LogP contribution >= 0.6 is 0 Å². The minimum Gasteiger partial charge on any atom is -0.491 e. The molecule has 0 heterocycles. The van der Waals surface area contributed by atoms with Gasteiger partial charge in [0.15, 0.2) is 6.04 Å². The van der Waals surface area contributed by atoms with Crippen molar-refractivity contribution in [2.24, 2.45) is 0 Å². The van der Waals surface area contributed by atoms with E-state index in [1.165, 1.54) is 0 Å². The predicted octanol–water partition coefficient (Wildman–Crippen LogP) is 3.34. The number of carbonyl (C=O) groups is 2. The lowest BCUT2D eigenvalue weighted by molar-refractivity contribution is -0.140. The highest BCUT2D eigenvalue weighted by Gasteiger charge is 2.26. The average molecular weight is 337 g/mol. The summed E-state index contributed by atoms with van der Waals surface area (Å²) in [4.78, 5) is 23.1. The number of ether oxygens (including phenoxy) is 2. The SMILES string of the molecule is CC(C)(C)OC(=O)N[C@@H](COc1ccccc1C(C)(C)C)C(=O)O. The Kier molecular flexibility index (Phi) is 6.23. The molecule has 24 heavy (non-hydrogen) atoms. The summed E-state index contributed by atoms with van der Waals surface area (Å²) >= 11 is 0. The number of carboxylic acids is 1. The molecular formula is C18H27NO5. The van der Waals surface area contributed by atoms with Crippen molar-refractivity contribution in [2.45, 2.75) is 58.6 Å². The number of hydrogen-bond donors (Lipinski definition) is 2. The zero-order valence-corrected chi connectivity index (χ0v) is 15.2. The number of nitrogens with one attached hydrogen (secondary N) is 1. The van der Waals surface area contributed by atoms with Crippen LogP contribution in [0.15, 0.2) is 24.3 Å². The monoisotopic (exact) mass is 337 g/mol. The number of hydrogen-bond acceptors (Lipinski definition) is 4. The Morgan fingerprint density at radius 3 is 2.21 bits per heavy atom. The fraction of sp³-hybridized carbons (Fsp3) is 0.556. The summed E-state index contributed by atoms with van der Waals surface area (Å²) in [6.07, 6.45) is -0.789. The second-order valence-corrected chi connectivity index (χ2v) is 7.59. The summed E-state index contributed by atoms with van der Waals surface area (Å²) in [6.45, 7) is 11.1. The van der Waals surface area contributed by atoms with Crippen LogP contribution in [0.2, 0.25) is 0 Å². The zero-order chi connectivity index (χ0) is 18.5. The Bertz CT molecular complexity index is 584. The van der Waals surface area contributed by atoms with Crippen molar-refractivity contribution >= 4 is 12.1 Å². The Labute approximate surface area is 143 Å². The first-order valence-electron chi connectivity index (χ1n) is 7.85. The van der Waals surface area contributed by atoms with Crippen LogP contribution in [-0.4, -0.2) is 35.4 Å². The fourth-order valence-electron chi connectivity index (χ4n) is 2.01. The van der Waals surface area contributed by atoms with Gasteiger partial charge in [0.25, 0.3) is 0 Å². The molecule has 0 aromatic heterocycles. The van der Waals surface area contributed by atoms with Gasteiger partial charge in [0.1, 0.15) is 18.0 Å². The molecule has 1 amide bonds. The van der Waals surface area contributed by atoms with E-state index < -0.39 is 23.7 Å². The molecule has 6 nitrogen and oxygen atoms in total. The minimum absolute atomic E-state index is 0.145. The van der Waals surface area contributed by atoms with Gasteiger partial charge in [0, 0.05) is 0 Å². The molecule has 0 radical (unpaired) electrons. The van der Waals surface area contributed by atoms with Crippen molar-refractivity contribution in [1.82, 2.24) is 5.32 Å². The predicted molar refractivity (Wildman–Crippen MR) is 91.4 cm³/mol. The third-order valence-corrected chi connectivity index (χ3v) is 3.09. The number of rotatable bonds is 5. The van der Waals surface area contributed by atoms with Crippen molar-refractivity contribution in [3.63, 3.8) is 0 Å². The van der Waals surface area contributed by atoms with Crippen molar-refractivity contribution in [2.75, 3.05) is 6.61 Å². The maximum absolute atomic E-state index is 11.8. The summed E-state index contributed by atoms with van der Waals surface area (Å²) in [7, 11) is 0. The van der Waals surface area contributed by atoms with Crippen molar-refractivity contribution in [1.29, 1.82) is 0 Å². The maximum atomic E-state index is 11.8. The standard InChI is InChI=1S/C18H27NO5/c1-17(2,3)12-9-7-8-10-14(12)23-11-13(15(20)21)19-16(22)24-18(4,5)6/h7-10,13H,11H2,1-6H3,(H,19,22)(H,20,21)/t13-/m0/s1. The topological polar surface area (TPSA) is 84.9 Å². The van der Waals surface area contributed by atoms with Gasteiger partial charge in [-0.25, -0.2) is 9.59 Å². The molecule has 1 aromatic carbocycles. The lowest BCUT2D eigenvalue weighted by Gasteiger charge is -2.24. The lowest BCUT2D eigenvalue weighted by atomic mass is 9.86. The van der Waals surface area contributed by atoms with E-state index in [-0.39, 0.29) is 12.0 Å². The molecule has 0 fully saturated rings. The van der Waals surface area contributed by atoms with Gasteiger partial charge < -0.3 is 19.9 Å². The molecule has 2 N–H and O–H groups in total. The molecule has 1 atom stereocenters. The molecule has 0 saturated heterocycles. The molecule has 0 unspecified atom stereocenters. The fourth-order valence-corrected chi connectivity index (χ4v) is 2.01. The average Bonchev–Trinajstić information content (AvgIpc) is 2.40. The van der Waals surface area contributed by atoms with Gasteiger partial charge in [-0.2, -0.15) is 0 Å². The molecule has 6 heteroatoms. The first kappa shape index (κ1) is 19.8. The number of aliphatic carboxylic acids is 1. The van der Waals surface area contributed by atoms with Crippen LogP contribution < -0.4 is 10.1 Å². The quantitative estimate of drug-likeness (QED) is 0.861. The number of benzene rings is 1. The Morgan fingerprint density at radius 1 is 1.12 bits per heavy atom. The second-order valence-electron chi connectivity index (χ2n) is 7.59. The molecule has 0 aliphatic heterocycles. The highest BCUT2D eigenvalue weighted by Crippen LogP contribution is 2.30. The highest BCUT2D eigenvalue weighted by molar-refractivity contribution is 5.80. The van der Waals surface area contributed by atoms with Crippen molar-refractivity contribution < 1.29 is 24.2 Å². The van der Waals surface area contributed by atoms with Gasteiger partial charge >= 0.3 is 12.1 Å². The summed E-state index contributed by atoms with van der Waals surface area (Å²) < 4.78 is 10.7. The van der Waals surface area contributed by atoms with Gasteiger partial charge in [-0.15, -0.1) is 0 Å². The molecule has 0 spiro atoms. The van der Waals surface area contributed by atoms with Crippen LogP contribution in [0.5, 0.6) is 5.75 Å². The Hall–Kier alpha value is -2.24. The van der Waals surface area contributed by atoms with Crippen LogP contribution in [-0.2, 0) is 14.9 Å². The van der Waals surface area contributed by atoms with Crippen LogP contribution in [0, 0.1) is 0 Å². The van der Waals surface area contributed by atoms with E-state index in [1.807, 2.05) is 39.0 Å². The highest BCUT2D eigenvalue weighted by atomic mass is 16.6. The van der Waals surface area contributed by atoms with E-state index in [1.54, 1.807) is 26.8 Å². The molecule has 0 saturated carbocycles. The van der Waals surface area contributed by atoms with Crippen molar-refractivity contribution in [3.8, 4) is 5.75 Å². The van der Waals surface area contributed by atoms with E-state index in [0.29, 0.717) is 5.75 Å². The smallest absolute Gasteiger partial charge is 0.408 e. The molecule has 0 aliphatic carbocycles. The molecular weight excluding hydrogens is 310 g/mol. The van der Waals surface area contributed by atoms with Gasteiger partial charge in [0.2, 0.25) is 0 Å². The van der Waals surface area contributed by atoms with E-state index in [9.17, 15) is 14.7 Å². The van der Waals surface area contributed by atoms with Gasteiger partial charge in [-0.1, -0.05) is 39.0 Å². The van der Waals surface area contributed by atoms with Crippen molar-refractivity contribution in [3.05, 3.63) is 29.8 Å². The summed E-state index contributed by atoms with van der Waals surface area (Å²) in [6, 6.07) is 6.25. The lowest BCUT2D eigenvalue weighted by Crippen LogP contribution is -2.46. The van der Waals surface area contributed by atoms with Crippen LogP contribution in [0.25, 0.3) is 0 Å². The van der Waals surface area contributed by atoms with E-state index in [4.69, 9.17) is 9.47 Å². The normalized spacial score (nSPS) is 13.1. The number of para-hydroxylation sites is 1. The Balaban J connectivity index is 2.79. The molecule has 0 bridgehead atoms. The third kappa shape index (κ3) is 6.48. The van der Waals surface area contributed by atoms with Crippen LogP contribution in [0.4, 0.5) is 4.79 Å². The summed E-state index contributed by atoms with van der Waals surface area (Å²) in [5.74, 6) is -0.587. The third-order valence-electron chi connectivity index (χ3n) is 3.09. The first-order chi connectivity index (χ1) is 10.9. The van der Waals surface area contributed by atoms with Gasteiger partial charge in [-0.3, -0.25) is 0 Å². The summed E-state index contributed by atoms with van der Waals surface area (Å²) in [5, 5.41) is 11.6. The summed E-state index contributed by atoms with van der Waals surface area (Å²) in [5.41, 5.74) is 0.118. The molecule has 1 aromatic rings. The van der Waals surface area contributed by atoms with Crippen LogP contribution in [0.3, 0.4) is 0 Å². The first-order valence-corrected chi connectivity index (χ1v) is 7.85. The second kappa shape index (κ2) is 7.55. The maximum Gasteiger partial charge on any atom is 0.408 e.